The molecule has 1 aromatic rings. The predicted octanol–water partition coefficient (Wildman–Crippen LogP) is 1.40. The number of esters is 1. The molecule has 0 aliphatic heterocycles. The van der Waals surface area contributed by atoms with Crippen LogP contribution in [0.3, 0.4) is 0 Å². The second kappa shape index (κ2) is 4.73. The van der Waals surface area contributed by atoms with E-state index in [9.17, 15) is 13.6 Å². The number of aromatic nitrogens is 1. The number of anilines is 1. The van der Waals surface area contributed by atoms with E-state index in [4.69, 9.17) is 10.5 Å². The standard InChI is InChI=1S/C9H10F2N2O3/c1-15-6-5(7(10)11)4(9(14)16-2)3-13-8(6)12/h3,7H,1-2H3,(H2,12,13). The van der Waals surface area contributed by atoms with Gasteiger partial charge in [0.25, 0.3) is 6.43 Å². The molecule has 1 rings (SSSR count). The second-order valence-corrected chi connectivity index (χ2v) is 2.80. The molecule has 1 heterocycles. The molecule has 0 bridgehead atoms. The van der Waals surface area contributed by atoms with Crippen molar-refractivity contribution in [2.45, 2.75) is 6.43 Å². The highest BCUT2D eigenvalue weighted by Crippen LogP contribution is 2.35. The molecule has 0 saturated carbocycles. The van der Waals surface area contributed by atoms with E-state index >= 15 is 0 Å². The van der Waals surface area contributed by atoms with Gasteiger partial charge in [0.15, 0.2) is 11.6 Å². The molecule has 0 aliphatic carbocycles. The monoisotopic (exact) mass is 232 g/mol. The molecule has 5 nitrogen and oxygen atoms in total. The third-order valence-corrected chi connectivity index (χ3v) is 1.93. The number of methoxy groups -OCH3 is 2. The molecule has 0 fully saturated rings. The lowest BCUT2D eigenvalue weighted by Crippen LogP contribution is -2.10. The summed E-state index contributed by atoms with van der Waals surface area (Å²) in [6.07, 6.45) is -1.97. The van der Waals surface area contributed by atoms with Crippen LogP contribution in [-0.4, -0.2) is 25.2 Å². The summed E-state index contributed by atoms with van der Waals surface area (Å²) in [6.45, 7) is 0. The first-order chi connectivity index (χ1) is 7.52. The fourth-order valence-electron chi connectivity index (χ4n) is 1.23. The summed E-state index contributed by atoms with van der Waals surface area (Å²) < 4.78 is 34.6. The summed E-state index contributed by atoms with van der Waals surface area (Å²) in [5.41, 5.74) is 4.39. The van der Waals surface area contributed by atoms with E-state index in [2.05, 4.69) is 9.72 Å². The molecule has 1 aromatic heterocycles. The Morgan fingerprint density at radius 3 is 2.56 bits per heavy atom. The first kappa shape index (κ1) is 12.2. The number of pyridine rings is 1. The van der Waals surface area contributed by atoms with Gasteiger partial charge in [0.2, 0.25) is 0 Å². The lowest BCUT2D eigenvalue weighted by molar-refractivity contribution is 0.0587. The Labute approximate surface area is 90.2 Å². The SMILES string of the molecule is COC(=O)c1cnc(N)c(OC)c1C(F)F. The summed E-state index contributed by atoms with van der Waals surface area (Å²) in [4.78, 5) is 14.8. The third kappa shape index (κ3) is 2.02. The van der Waals surface area contributed by atoms with Crippen LogP contribution in [0.5, 0.6) is 5.75 Å². The van der Waals surface area contributed by atoms with E-state index < -0.39 is 18.0 Å². The Bertz CT molecular complexity index is 410. The third-order valence-electron chi connectivity index (χ3n) is 1.93. The highest BCUT2D eigenvalue weighted by molar-refractivity contribution is 5.92. The first-order valence-corrected chi connectivity index (χ1v) is 4.21. The number of nitrogen functional groups attached to an aromatic ring is 1. The molecule has 0 amide bonds. The van der Waals surface area contributed by atoms with Crippen molar-refractivity contribution in [3.8, 4) is 5.75 Å². The van der Waals surface area contributed by atoms with Crippen LogP contribution in [0, 0.1) is 0 Å². The maximum Gasteiger partial charge on any atom is 0.340 e. The van der Waals surface area contributed by atoms with Crippen LogP contribution >= 0.6 is 0 Å². The van der Waals surface area contributed by atoms with Crippen LogP contribution in [0.25, 0.3) is 0 Å². The molecule has 0 unspecified atom stereocenters. The Kier molecular flexibility index (Phi) is 3.60. The molecule has 2 N–H and O–H groups in total. The van der Waals surface area contributed by atoms with E-state index in [-0.39, 0.29) is 17.1 Å². The first-order valence-electron chi connectivity index (χ1n) is 4.21. The number of rotatable bonds is 3. The number of alkyl halides is 2. The normalized spacial score (nSPS) is 10.3. The van der Waals surface area contributed by atoms with Crippen molar-refractivity contribution in [1.82, 2.24) is 4.98 Å². The van der Waals surface area contributed by atoms with E-state index in [1.165, 1.54) is 7.11 Å². The fourth-order valence-corrected chi connectivity index (χ4v) is 1.23. The molecule has 0 atom stereocenters. The minimum Gasteiger partial charge on any atom is -0.492 e. The van der Waals surface area contributed by atoms with Gasteiger partial charge in [-0.1, -0.05) is 0 Å². The van der Waals surface area contributed by atoms with E-state index in [0.717, 1.165) is 13.3 Å². The topological polar surface area (TPSA) is 74.4 Å². The Hall–Kier alpha value is -1.92. The van der Waals surface area contributed by atoms with Crippen LogP contribution in [0.15, 0.2) is 6.20 Å². The zero-order chi connectivity index (χ0) is 12.3. The summed E-state index contributed by atoms with van der Waals surface area (Å²) in [6, 6.07) is 0. The molecule has 0 spiro atoms. The van der Waals surface area contributed by atoms with Crippen LogP contribution in [0.4, 0.5) is 14.6 Å². The van der Waals surface area contributed by atoms with Crippen molar-refractivity contribution >= 4 is 11.8 Å². The number of halogens is 2. The minimum absolute atomic E-state index is 0.203. The van der Waals surface area contributed by atoms with Crippen molar-refractivity contribution in [2.24, 2.45) is 0 Å². The average molecular weight is 232 g/mol. The maximum atomic E-state index is 12.8. The van der Waals surface area contributed by atoms with Gasteiger partial charge in [-0.05, 0) is 0 Å². The van der Waals surface area contributed by atoms with E-state index in [0.29, 0.717) is 0 Å². The van der Waals surface area contributed by atoms with Crippen LogP contribution in [0.1, 0.15) is 22.3 Å². The highest BCUT2D eigenvalue weighted by atomic mass is 19.3. The quantitative estimate of drug-likeness (QED) is 0.797. The van der Waals surface area contributed by atoms with Gasteiger partial charge < -0.3 is 15.2 Å². The zero-order valence-corrected chi connectivity index (χ0v) is 8.66. The van der Waals surface area contributed by atoms with Crippen molar-refractivity contribution in [2.75, 3.05) is 20.0 Å². The van der Waals surface area contributed by atoms with Crippen LogP contribution < -0.4 is 10.5 Å². The Morgan fingerprint density at radius 1 is 1.50 bits per heavy atom. The van der Waals surface area contributed by atoms with Crippen molar-refractivity contribution in [3.63, 3.8) is 0 Å². The van der Waals surface area contributed by atoms with Crippen molar-refractivity contribution < 1.29 is 23.0 Å². The molecule has 0 radical (unpaired) electrons. The summed E-state index contributed by atoms with van der Waals surface area (Å²) in [5, 5.41) is 0. The molecular formula is C9H10F2N2O3. The molecule has 16 heavy (non-hydrogen) atoms. The number of nitrogens with zero attached hydrogens (tertiary/aromatic N) is 1. The smallest absolute Gasteiger partial charge is 0.340 e. The van der Waals surface area contributed by atoms with Gasteiger partial charge in [0, 0.05) is 6.20 Å². The maximum absolute atomic E-state index is 12.8. The molecular weight excluding hydrogens is 222 g/mol. The second-order valence-electron chi connectivity index (χ2n) is 2.80. The Morgan fingerprint density at radius 2 is 2.12 bits per heavy atom. The van der Waals surface area contributed by atoms with Gasteiger partial charge in [-0.25, -0.2) is 18.6 Å². The van der Waals surface area contributed by atoms with Crippen LogP contribution in [-0.2, 0) is 4.74 Å². The lowest BCUT2D eigenvalue weighted by Gasteiger charge is -2.12. The zero-order valence-electron chi connectivity index (χ0n) is 8.66. The fraction of sp³-hybridized carbons (Fsp3) is 0.333. The molecule has 0 saturated heterocycles. The van der Waals surface area contributed by atoms with Gasteiger partial charge >= 0.3 is 5.97 Å². The summed E-state index contributed by atoms with van der Waals surface area (Å²) in [7, 11) is 2.25. The Balaban J connectivity index is 3.45. The van der Waals surface area contributed by atoms with Crippen LogP contribution in [0.2, 0.25) is 0 Å². The van der Waals surface area contributed by atoms with Gasteiger partial charge in [-0.15, -0.1) is 0 Å². The number of hydrogen-bond acceptors (Lipinski definition) is 5. The predicted molar refractivity (Wildman–Crippen MR) is 51.5 cm³/mol. The summed E-state index contributed by atoms with van der Waals surface area (Å²) in [5.74, 6) is -1.43. The van der Waals surface area contributed by atoms with Gasteiger partial charge in [-0.3, -0.25) is 0 Å². The number of ether oxygens (including phenoxy) is 2. The van der Waals surface area contributed by atoms with E-state index in [1.807, 2.05) is 0 Å². The highest BCUT2D eigenvalue weighted by Gasteiger charge is 2.26. The van der Waals surface area contributed by atoms with Gasteiger partial charge in [0.1, 0.15) is 0 Å². The minimum atomic E-state index is -2.91. The largest absolute Gasteiger partial charge is 0.492 e. The molecule has 7 heteroatoms. The molecule has 0 aromatic carbocycles. The summed E-state index contributed by atoms with van der Waals surface area (Å²) >= 11 is 0. The number of nitrogens with two attached hydrogens (primary N) is 1. The lowest BCUT2D eigenvalue weighted by atomic mass is 10.1. The number of carbonyl (C=O) groups is 1. The number of carbonyl (C=O) groups excluding carboxylic acids is 1. The van der Waals surface area contributed by atoms with Crippen molar-refractivity contribution in [3.05, 3.63) is 17.3 Å². The number of hydrogen-bond donors (Lipinski definition) is 1. The van der Waals surface area contributed by atoms with E-state index in [1.54, 1.807) is 0 Å². The molecule has 88 valence electrons. The van der Waals surface area contributed by atoms with Gasteiger partial charge in [-0.2, -0.15) is 0 Å². The van der Waals surface area contributed by atoms with Crippen molar-refractivity contribution in [1.29, 1.82) is 0 Å². The van der Waals surface area contributed by atoms with Gasteiger partial charge in [0.05, 0.1) is 25.3 Å². The average Bonchev–Trinajstić information content (AvgIpc) is 2.27. The molecule has 0 aliphatic rings.